The summed E-state index contributed by atoms with van der Waals surface area (Å²) < 4.78 is 5.22. The predicted molar refractivity (Wildman–Crippen MR) is 131 cm³/mol. The summed E-state index contributed by atoms with van der Waals surface area (Å²) in [5.41, 5.74) is 12.8. The van der Waals surface area contributed by atoms with Crippen molar-refractivity contribution in [1.82, 2.24) is 9.97 Å². The Kier molecular flexibility index (Phi) is 7.31. The van der Waals surface area contributed by atoms with Crippen LogP contribution in [0.1, 0.15) is 36.0 Å². The van der Waals surface area contributed by atoms with E-state index in [9.17, 15) is 4.79 Å². The topological polar surface area (TPSA) is 128 Å². The number of nitrogens with two attached hydrogens (primary N) is 2. The van der Waals surface area contributed by atoms with Gasteiger partial charge in [-0.05, 0) is 55.3 Å². The summed E-state index contributed by atoms with van der Waals surface area (Å²) >= 11 is 1.62. The van der Waals surface area contributed by atoms with Crippen LogP contribution in [0.15, 0.2) is 64.5 Å². The van der Waals surface area contributed by atoms with Gasteiger partial charge in [0, 0.05) is 33.8 Å². The number of hydrogen-bond acceptors (Lipinski definition) is 8. The number of methoxy groups -OCH3 is 1. The van der Waals surface area contributed by atoms with Crippen LogP contribution in [0, 0.1) is 0 Å². The lowest BCUT2D eigenvalue weighted by Gasteiger charge is -2.29. The third kappa shape index (κ3) is 5.94. The number of anilines is 3. The summed E-state index contributed by atoms with van der Waals surface area (Å²) in [5.74, 6) is 1.00. The van der Waals surface area contributed by atoms with E-state index in [1.807, 2.05) is 48.5 Å². The largest absolute Gasteiger partial charge is 0.497 e. The number of amides is 1. The van der Waals surface area contributed by atoms with Crippen LogP contribution in [-0.4, -0.2) is 35.1 Å². The van der Waals surface area contributed by atoms with Crippen molar-refractivity contribution in [2.75, 3.05) is 17.7 Å². The summed E-state index contributed by atoms with van der Waals surface area (Å²) in [6.45, 7) is 0. The number of nitrogens with zero attached hydrogens (tertiary/aromatic N) is 2. The third-order valence-electron chi connectivity index (χ3n) is 5.58. The van der Waals surface area contributed by atoms with Crippen molar-refractivity contribution in [3.63, 3.8) is 0 Å². The molecule has 0 radical (unpaired) electrons. The first-order valence-corrected chi connectivity index (χ1v) is 11.7. The quantitative estimate of drug-likeness (QED) is 0.391. The highest BCUT2D eigenvalue weighted by atomic mass is 32.2. The van der Waals surface area contributed by atoms with Crippen LogP contribution in [0.3, 0.4) is 0 Å². The van der Waals surface area contributed by atoms with Crippen LogP contribution in [-0.2, 0) is 0 Å². The summed E-state index contributed by atoms with van der Waals surface area (Å²) in [6, 6.07) is 15.9. The molecular formula is C24H28N6O2S. The molecule has 0 bridgehead atoms. The molecule has 1 heterocycles. The van der Waals surface area contributed by atoms with Crippen LogP contribution in [0.25, 0.3) is 0 Å². The second kappa shape index (κ2) is 10.5. The second-order valence-electron chi connectivity index (χ2n) is 7.95. The fraction of sp³-hybridized carbons (Fsp3) is 0.292. The number of carbonyl (C=O) groups is 1. The molecule has 0 unspecified atom stereocenters. The predicted octanol–water partition coefficient (Wildman–Crippen LogP) is 4.16. The van der Waals surface area contributed by atoms with E-state index in [0.717, 1.165) is 46.9 Å². The molecule has 1 aliphatic rings. The van der Waals surface area contributed by atoms with Crippen LogP contribution < -0.4 is 26.8 Å². The van der Waals surface area contributed by atoms with Crippen molar-refractivity contribution in [2.24, 2.45) is 11.5 Å². The summed E-state index contributed by atoms with van der Waals surface area (Å²) in [7, 11) is 1.65. The third-order valence-corrected chi connectivity index (χ3v) is 6.58. The molecule has 4 rings (SSSR count). The normalized spacial score (nSPS) is 17.9. The maximum atomic E-state index is 12.0. The first-order chi connectivity index (χ1) is 16.0. The van der Waals surface area contributed by atoms with Crippen molar-refractivity contribution in [3.05, 3.63) is 60.3 Å². The highest BCUT2D eigenvalue weighted by molar-refractivity contribution is 7.99. The van der Waals surface area contributed by atoms with Gasteiger partial charge in [-0.3, -0.25) is 4.79 Å². The molecule has 33 heavy (non-hydrogen) atoms. The van der Waals surface area contributed by atoms with Gasteiger partial charge in [0.25, 0.3) is 5.91 Å². The molecule has 3 aromatic rings. The average Bonchev–Trinajstić information content (AvgIpc) is 2.81. The molecule has 9 heteroatoms. The zero-order valence-corrected chi connectivity index (χ0v) is 19.3. The number of carbonyl (C=O) groups excluding carboxylic acids is 1. The molecule has 0 saturated heterocycles. The van der Waals surface area contributed by atoms with Crippen molar-refractivity contribution in [2.45, 2.75) is 47.6 Å². The van der Waals surface area contributed by atoms with Crippen molar-refractivity contribution >= 4 is 35.1 Å². The Bertz CT molecular complexity index is 1110. The summed E-state index contributed by atoms with van der Waals surface area (Å²) in [5, 5.41) is 6.55. The standard InChI is InChI=1S/C24H28N6O2S/c1-32-16-9-11-17(12-10-16)33-18-6-4-5-15(13-18)28-23-19(22(26)31)14-27-24(30-23)29-21-8-3-2-7-20(21)25/h4-6,9-14,20-21H,2-3,7-8,25H2,1H3,(H2,26,31)(H2,27,28,29,30)/t20-,21+/m0/s1. The maximum absolute atomic E-state index is 12.0. The average molecular weight is 465 g/mol. The number of benzene rings is 2. The molecule has 1 saturated carbocycles. The lowest BCUT2D eigenvalue weighted by atomic mass is 9.91. The van der Waals surface area contributed by atoms with E-state index < -0.39 is 5.91 Å². The number of hydrogen-bond donors (Lipinski definition) is 4. The van der Waals surface area contributed by atoms with Gasteiger partial charge in [0.05, 0.1) is 7.11 Å². The molecule has 8 nitrogen and oxygen atoms in total. The minimum absolute atomic E-state index is 0.0567. The zero-order chi connectivity index (χ0) is 23.2. The van der Waals surface area contributed by atoms with Crippen molar-refractivity contribution in [1.29, 1.82) is 0 Å². The van der Waals surface area contributed by atoms with Gasteiger partial charge in [0.1, 0.15) is 17.1 Å². The van der Waals surface area contributed by atoms with E-state index in [1.54, 1.807) is 18.9 Å². The molecule has 1 aliphatic carbocycles. The van der Waals surface area contributed by atoms with E-state index >= 15 is 0 Å². The summed E-state index contributed by atoms with van der Waals surface area (Å²) in [4.78, 5) is 22.9. The number of rotatable bonds is 8. The highest BCUT2D eigenvalue weighted by Crippen LogP contribution is 2.31. The minimum atomic E-state index is -0.595. The molecule has 0 spiro atoms. The highest BCUT2D eigenvalue weighted by Gasteiger charge is 2.23. The van der Waals surface area contributed by atoms with Crippen molar-refractivity contribution < 1.29 is 9.53 Å². The van der Waals surface area contributed by atoms with Gasteiger partial charge in [-0.25, -0.2) is 4.98 Å². The molecule has 1 amide bonds. The Morgan fingerprint density at radius 1 is 1.12 bits per heavy atom. The second-order valence-corrected chi connectivity index (χ2v) is 9.10. The van der Waals surface area contributed by atoms with Crippen LogP contribution in [0.2, 0.25) is 0 Å². The van der Waals surface area contributed by atoms with Gasteiger partial charge in [-0.1, -0.05) is 30.7 Å². The van der Waals surface area contributed by atoms with E-state index in [1.165, 1.54) is 6.20 Å². The fourth-order valence-corrected chi connectivity index (χ4v) is 4.66. The monoisotopic (exact) mass is 464 g/mol. The van der Waals surface area contributed by atoms with Gasteiger partial charge in [0.15, 0.2) is 0 Å². The van der Waals surface area contributed by atoms with Gasteiger partial charge >= 0.3 is 0 Å². The van der Waals surface area contributed by atoms with E-state index in [4.69, 9.17) is 16.2 Å². The van der Waals surface area contributed by atoms with Gasteiger partial charge in [0.2, 0.25) is 5.95 Å². The lowest BCUT2D eigenvalue weighted by Crippen LogP contribution is -2.43. The van der Waals surface area contributed by atoms with Crippen LogP contribution in [0.4, 0.5) is 17.5 Å². The molecule has 2 aromatic carbocycles. The molecule has 2 atom stereocenters. The number of ether oxygens (including phenoxy) is 1. The van der Waals surface area contributed by atoms with Crippen LogP contribution >= 0.6 is 11.8 Å². The van der Waals surface area contributed by atoms with Gasteiger partial charge in [-0.2, -0.15) is 4.98 Å². The van der Waals surface area contributed by atoms with Crippen LogP contribution in [0.5, 0.6) is 5.75 Å². The van der Waals surface area contributed by atoms with E-state index in [2.05, 4.69) is 20.6 Å². The molecule has 172 valence electrons. The minimum Gasteiger partial charge on any atom is -0.497 e. The Balaban J connectivity index is 1.53. The lowest BCUT2D eigenvalue weighted by molar-refractivity contribution is 0.100. The Labute approximate surface area is 197 Å². The van der Waals surface area contributed by atoms with Crippen molar-refractivity contribution in [3.8, 4) is 5.75 Å². The maximum Gasteiger partial charge on any atom is 0.254 e. The Morgan fingerprint density at radius 2 is 1.91 bits per heavy atom. The zero-order valence-electron chi connectivity index (χ0n) is 18.5. The number of primary amides is 1. The SMILES string of the molecule is COc1ccc(Sc2cccc(Nc3nc(N[C@@H]4CCCC[C@@H]4N)ncc3C(N)=O)c2)cc1. The van der Waals surface area contributed by atoms with Gasteiger partial charge in [-0.15, -0.1) is 0 Å². The molecule has 6 N–H and O–H groups in total. The Morgan fingerprint density at radius 3 is 2.64 bits per heavy atom. The first-order valence-electron chi connectivity index (χ1n) is 10.9. The molecule has 1 fully saturated rings. The number of nitrogens with one attached hydrogen (secondary N) is 2. The Hall–Kier alpha value is -3.30. The van der Waals surface area contributed by atoms with E-state index in [-0.39, 0.29) is 17.6 Å². The summed E-state index contributed by atoms with van der Waals surface area (Å²) in [6.07, 6.45) is 5.65. The fourth-order valence-electron chi connectivity index (χ4n) is 3.79. The van der Waals surface area contributed by atoms with Gasteiger partial charge < -0.3 is 26.8 Å². The number of aromatic nitrogens is 2. The molecular weight excluding hydrogens is 436 g/mol. The smallest absolute Gasteiger partial charge is 0.254 e. The first kappa shape index (κ1) is 22.9. The molecule has 0 aliphatic heterocycles. The molecule has 1 aromatic heterocycles. The van der Waals surface area contributed by atoms with E-state index in [0.29, 0.717) is 11.8 Å².